The summed E-state index contributed by atoms with van der Waals surface area (Å²) in [6.07, 6.45) is 6.36. The van der Waals surface area contributed by atoms with E-state index in [4.69, 9.17) is 0 Å². The molecule has 0 aliphatic carbocycles. The van der Waals surface area contributed by atoms with Crippen LogP contribution >= 0.6 is 0 Å². The highest BCUT2D eigenvalue weighted by Gasteiger charge is 2.24. The molecule has 1 aromatic rings. The zero-order chi connectivity index (χ0) is 17.0. The molecule has 0 bridgehead atoms. The third kappa shape index (κ3) is 4.36. The maximum absolute atomic E-state index is 11.9. The van der Waals surface area contributed by atoms with Gasteiger partial charge < -0.3 is 9.80 Å². The summed E-state index contributed by atoms with van der Waals surface area (Å²) in [6, 6.07) is 2.10. The van der Waals surface area contributed by atoms with Gasteiger partial charge in [0.2, 0.25) is 10.0 Å². The molecule has 0 amide bonds. The zero-order valence-corrected chi connectivity index (χ0v) is 15.1. The molecule has 0 unspecified atom stereocenters. The van der Waals surface area contributed by atoms with Crippen molar-refractivity contribution in [1.29, 1.82) is 0 Å². The third-order valence-electron chi connectivity index (χ3n) is 4.71. The highest BCUT2D eigenvalue weighted by molar-refractivity contribution is 7.89. The predicted molar refractivity (Wildman–Crippen MR) is 95.9 cm³/mol. The van der Waals surface area contributed by atoms with Gasteiger partial charge in [-0.25, -0.2) is 23.1 Å². The maximum Gasteiger partial charge on any atom is 0.211 e. The van der Waals surface area contributed by atoms with E-state index in [-0.39, 0.29) is 11.8 Å². The van der Waals surface area contributed by atoms with E-state index in [0.717, 1.165) is 50.7 Å². The van der Waals surface area contributed by atoms with Crippen LogP contribution in [0.4, 0.5) is 11.6 Å². The number of rotatable bonds is 6. The average Bonchev–Trinajstić information content (AvgIpc) is 3.10. The predicted octanol–water partition coefficient (Wildman–Crippen LogP) is 1.37. The number of nitrogens with one attached hydrogen (secondary N) is 1. The fourth-order valence-corrected chi connectivity index (χ4v) is 4.84. The highest BCUT2D eigenvalue weighted by Crippen LogP contribution is 2.23. The Morgan fingerprint density at radius 2 is 1.67 bits per heavy atom. The van der Waals surface area contributed by atoms with Gasteiger partial charge in [0.25, 0.3) is 0 Å². The fraction of sp³-hybridized carbons (Fsp3) is 0.750. The van der Waals surface area contributed by atoms with Crippen LogP contribution in [-0.2, 0) is 10.0 Å². The Bertz CT molecular complexity index is 638. The molecule has 2 saturated heterocycles. The molecule has 8 heteroatoms. The Kier molecular flexibility index (Phi) is 5.55. The van der Waals surface area contributed by atoms with Gasteiger partial charge in [-0.05, 0) is 32.1 Å². The summed E-state index contributed by atoms with van der Waals surface area (Å²) in [4.78, 5) is 13.3. The molecular formula is C16H27N5O2S. The first-order chi connectivity index (χ1) is 11.6. The van der Waals surface area contributed by atoms with E-state index >= 15 is 0 Å². The molecule has 0 radical (unpaired) electrons. The Morgan fingerprint density at radius 1 is 1.08 bits per heavy atom. The minimum Gasteiger partial charge on any atom is -0.356 e. The van der Waals surface area contributed by atoms with Crippen LogP contribution < -0.4 is 14.5 Å². The van der Waals surface area contributed by atoms with E-state index in [9.17, 15) is 8.42 Å². The van der Waals surface area contributed by atoms with Crippen LogP contribution in [0.1, 0.15) is 39.0 Å². The van der Waals surface area contributed by atoms with Crippen molar-refractivity contribution in [3.8, 4) is 0 Å². The third-order valence-corrected chi connectivity index (χ3v) is 6.34. The number of piperidine rings is 1. The first-order valence-corrected chi connectivity index (χ1v) is 10.5. The summed E-state index contributed by atoms with van der Waals surface area (Å²) in [5.41, 5.74) is 0. The van der Waals surface area contributed by atoms with Crippen LogP contribution in [0.5, 0.6) is 0 Å². The van der Waals surface area contributed by atoms with Crippen molar-refractivity contribution in [3.05, 3.63) is 12.4 Å². The van der Waals surface area contributed by atoms with Crippen LogP contribution in [0.3, 0.4) is 0 Å². The summed E-state index contributed by atoms with van der Waals surface area (Å²) in [5.74, 6) is 2.16. The normalized spacial score (nSPS) is 19.9. The van der Waals surface area contributed by atoms with Crippen LogP contribution in [0, 0.1) is 0 Å². The van der Waals surface area contributed by atoms with E-state index in [1.807, 2.05) is 6.92 Å². The molecule has 1 aromatic heterocycles. The second-order valence-corrected chi connectivity index (χ2v) is 8.50. The number of anilines is 2. The molecule has 0 aromatic carbocycles. The molecule has 3 rings (SSSR count). The van der Waals surface area contributed by atoms with Gasteiger partial charge in [-0.2, -0.15) is 0 Å². The standard InChI is InChI=1S/C16H27N5O2S/c1-2-11-24(22,23)19-14-5-9-21(10-6-14)16-12-15(17-13-18-16)20-7-3-4-8-20/h12-14,19H,2-11H2,1H3. The van der Waals surface area contributed by atoms with Crippen molar-refractivity contribution in [1.82, 2.24) is 14.7 Å². The molecule has 2 aliphatic heterocycles. The van der Waals surface area contributed by atoms with Crippen molar-refractivity contribution in [2.45, 2.75) is 45.1 Å². The molecule has 2 fully saturated rings. The van der Waals surface area contributed by atoms with Crippen LogP contribution in [0.2, 0.25) is 0 Å². The lowest BCUT2D eigenvalue weighted by atomic mass is 10.1. The number of sulfonamides is 1. The number of hydrogen-bond acceptors (Lipinski definition) is 6. The number of aromatic nitrogens is 2. The quantitative estimate of drug-likeness (QED) is 0.832. The lowest BCUT2D eigenvalue weighted by Crippen LogP contribution is -2.45. The second-order valence-electron chi connectivity index (χ2n) is 6.63. The smallest absolute Gasteiger partial charge is 0.211 e. The molecule has 3 heterocycles. The van der Waals surface area contributed by atoms with Gasteiger partial charge in [0.1, 0.15) is 18.0 Å². The Hall–Kier alpha value is -1.41. The van der Waals surface area contributed by atoms with Crippen molar-refractivity contribution >= 4 is 21.7 Å². The maximum atomic E-state index is 11.9. The molecular weight excluding hydrogens is 326 g/mol. The van der Waals surface area contributed by atoms with Gasteiger partial charge in [-0.1, -0.05) is 6.92 Å². The summed E-state index contributed by atoms with van der Waals surface area (Å²) in [7, 11) is -3.13. The van der Waals surface area contributed by atoms with Gasteiger partial charge in [0, 0.05) is 38.3 Å². The topological polar surface area (TPSA) is 78.4 Å². The molecule has 0 atom stereocenters. The molecule has 24 heavy (non-hydrogen) atoms. The van der Waals surface area contributed by atoms with E-state index < -0.39 is 10.0 Å². The second kappa shape index (κ2) is 7.65. The Labute approximate surface area is 144 Å². The van der Waals surface area contributed by atoms with E-state index in [1.165, 1.54) is 12.8 Å². The Morgan fingerprint density at radius 3 is 2.25 bits per heavy atom. The van der Waals surface area contributed by atoms with Gasteiger partial charge in [-0.15, -0.1) is 0 Å². The molecule has 7 nitrogen and oxygen atoms in total. The average molecular weight is 353 g/mol. The SMILES string of the molecule is CCCS(=O)(=O)NC1CCN(c2cc(N3CCCC3)ncn2)CC1. The Balaban J connectivity index is 1.57. The lowest BCUT2D eigenvalue weighted by Gasteiger charge is -2.33. The van der Waals surface area contributed by atoms with E-state index in [2.05, 4.69) is 30.6 Å². The molecule has 0 saturated carbocycles. The molecule has 1 N–H and O–H groups in total. The van der Waals surface area contributed by atoms with Gasteiger partial charge in [-0.3, -0.25) is 0 Å². The first-order valence-electron chi connectivity index (χ1n) is 8.89. The summed E-state index contributed by atoms with van der Waals surface area (Å²) in [5, 5.41) is 0. The fourth-order valence-electron chi connectivity index (χ4n) is 3.44. The zero-order valence-electron chi connectivity index (χ0n) is 14.3. The minimum absolute atomic E-state index is 0.0395. The summed E-state index contributed by atoms with van der Waals surface area (Å²) >= 11 is 0. The summed E-state index contributed by atoms with van der Waals surface area (Å²) in [6.45, 7) is 5.65. The molecule has 0 spiro atoms. The van der Waals surface area contributed by atoms with Crippen molar-refractivity contribution in [2.75, 3.05) is 41.7 Å². The first kappa shape index (κ1) is 17.4. The number of hydrogen-bond donors (Lipinski definition) is 1. The lowest BCUT2D eigenvalue weighted by molar-refractivity contribution is 0.458. The van der Waals surface area contributed by atoms with E-state index in [1.54, 1.807) is 6.33 Å². The monoisotopic (exact) mass is 353 g/mol. The van der Waals surface area contributed by atoms with Crippen molar-refractivity contribution in [2.24, 2.45) is 0 Å². The highest BCUT2D eigenvalue weighted by atomic mass is 32.2. The van der Waals surface area contributed by atoms with Crippen LogP contribution in [0.25, 0.3) is 0 Å². The summed E-state index contributed by atoms with van der Waals surface area (Å²) < 4.78 is 26.6. The van der Waals surface area contributed by atoms with Crippen LogP contribution in [-0.4, -0.2) is 56.4 Å². The van der Waals surface area contributed by atoms with Gasteiger partial charge >= 0.3 is 0 Å². The largest absolute Gasteiger partial charge is 0.356 e. The minimum atomic E-state index is -3.13. The van der Waals surface area contributed by atoms with Crippen LogP contribution in [0.15, 0.2) is 12.4 Å². The van der Waals surface area contributed by atoms with Crippen molar-refractivity contribution in [3.63, 3.8) is 0 Å². The molecule has 2 aliphatic rings. The van der Waals surface area contributed by atoms with Crippen molar-refractivity contribution < 1.29 is 8.42 Å². The van der Waals surface area contributed by atoms with E-state index in [0.29, 0.717) is 6.42 Å². The number of nitrogens with zero attached hydrogens (tertiary/aromatic N) is 4. The molecule has 134 valence electrons. The van der Waals surface area contributed by atoms with Gasteiger partial charge in [0.05, 0.1) is 5.75 Å². The van der Waals surface area contributed by atoms with Gasteiger partial charge in [0.15, 0.2) is 0 Å².